The number of aliphatic hydroxyl groups excluding tert-OH is 1. The van der Waals surface area contributed by atoms with Crippen molar-refractivity contribution in [1.29, 1.82) is 0 Å². The topological polar surface area (TPSA) is 95.9 Å². The highest BCUT2D eigenvalue weighted by atomic mass is 16.5. The predicted octanol–water partition coefficient (Wildman–Crippen LogP) is 2.28. The van der Waals surface area contributed by atoms with Crippen LogP contribution in [0.2, 0.25) is 0 Å². The molecule has 0 aromatic rings. The van der Waals surface area contributed by atoms with Gasteiger partial charge in [-0.1, -0.05) is 39.3 Å². The molecule has 7 heteroatoms. The molecule has 2 amide bonds. The van der Waals surface area contributed by atoms with Crippen molar-refractivity contribution in [1.82, 2.24) is 10.2 Å². The van der Waals surface area contributed by atoms with Crippen molar-refractivity contribution < 1.29 is 24.2 Å². The maximum atomic E-state index is 13.6. The van der Waals surface area contributed by atoms with E-state index >= 15 is 0 Å². The van der Waals surface area contributed by atoms with Gasteiger partial charge in [-0.15, -0.1) is 0 Å². The predicted molar refractivity (Wildman–Crippen MR) is 114 cm³/mol. The summed E-state index contributed by atoms with van der Waals surface area (Å²) in [5.41, 5.74) is 0. The second-order valence-electron chi connectivity index (χ2n) is 8.47. The fourth-order valence-corrected chi connectivity index (χ4v) is 5.04. The van der Waals surface area contributed by atoms with Crippen LogP contribution < -0.4 is 5.32 Å². The van der Waals surface area contributed by atoms with E-state index in [9.17, 15) is 19.5 Å². The van der Waals surface area contributed by atoms with Crippen molar-refractivity contribution in [2.45, 2.75) is 78.4 Å². The minimum Gasteiger partial charge on any atom is -0.466 e. The van der Waals surface area contributed by atoms with E-state index in [1.165, 1.54) is 4.90 Å². The van der Waals surface area contributed by atoms with Gasteiger partial charge in [0.15, 0.2) is 0 Å². The highest BCUT2D eigenvalue weighted by molar-refractivity contribution is 5.96. The van der Waals surface area contributed by atoms with Gasteiger partial charge in [-0.25, -0.2) is 0 Å². The van der Waals surface area contributed by atoms with E-state index in [4.69, 9.17) is 4.74 Å². The summed E-state index contributed by atoms with van der Waals surface area (Å²) >= 11 is 0. The lowest BCUT2D eigenvalue weighted by molar-refractivity contribution is -0.156. The molecule has 2 rings (SSSR count). The van der Waals surface area contributed by atoms with Gasteiger partial charge in [-0.05, 0) is 39.0 Å². The second-order valence-corrected chi connectivity index (χ2v) is 8.47. The number of likely N-dealkylation sites (tertiary alicyclic amines) is 1. The third-order valence-corrected chi connectivity index (χ3v) is 6.53. The van der Waals surface area contributed by atoms with Gasteiger partial charge < -0.3 is 20.1 Å². The SMILES string of the molecule is CCCC(C)NC(=O)[C@@H]1[C@H]2C=C[C@@H](CC)[C@@H](C(=O)OCC)[C@@H]2C(=O)N1[C@@H](CC)CO. The first kappa shape index (κ1) is 24.4. The van der Waals surface area contributed by atoms with Crippen LogP contribution in [0.15, 0.2) is 12.2 Å². The van der Waals surface area contributed by atoms with E-state index in [1.807, 2.05) is 32.9 Å². The normalized spacial score (nSPS) is 30.0. The Hall–Kier alpha value is -1.89. The Labute approximate surface area is 180 Å². The Morgan fingerprint density at radius 1 is 1.23 bits per heavy atom. The number of esters is 1. The number of carbonyl (C=O) groups excluding carboxylic acids is 3. The van der Waals surface area contributed by atoms with E-state index in [0.29, 0.717) is 12.8 Å². The number of amides is 2. The Morgan fingerprint density at radius 2 is 1.93 bits per heavy atom. The zero-order chi connectivity index (χ0) is 22.4. The molecule has 0 radical (unpaired) electrons. The fourth-order valence-electron chi connectivity index (χ4n) is 5.04. The Morgan fingerprint density at radius 3 is 2.47 bits per heavy atom. The lowest BCUT2D eigenvalue weighted by Gasteiger charge is -2.34. The first-order valence-electron chi connectivity index (χ1n) is 11.4. The monoisotopic (exact) mass is 422 g/mol. The standard InChI is InChI=1S/C23H38N2O5/c1-6-10-14(5)24-21(27)20-17-12-11-15(7-2)18(23(29)30-9-4)19(17)22(28)25(20)16(8-3)13-26/h11-12,14-20,26H,6-10,13H2,1-5H3,(H,24,27)/t14?,15-,16+,17+,18-,19-,20+/m1/s1. The lowest BCUT2D eigenvalue weighted by Crippen LogP contribution is -2.53. The van der Waals surface area contributed by atoms with Gasteiger partial charge in [0.2, 0.25) is 11.8 Å². The van der Waals surface area contributed by atoms with Crippen LogP contribution in [-0.4, -0.2) is 59.1 Å². The van der Waals surface area contributed by atoms with Gasteiger partial charge in [0, 0.05) is 12.0 Å². The van der Waals surface area contributed by atoms with Crippen molar-refractivity contribution in [2.75, 3.05) is 13.2 Å². The molecule has 0 bridgehead atoms. The number of nitrogens with zero attached hydrogens (tertiary/aromatic N) is 1. The maximum absolute atomic E-state index is 13.6. The quantitative estimate of drug-likeness (QED) is 0.416. The Balaban J connectivity index is 2.47. The minimum atomic E-state index is -0.732. The van der Waals surface area contributed by atoms with Crippen molar-refractivity contribution in [3.8, 4) is 0 Å². The lowest BCUT2D eigenvalue weighted by atomic mass is 9.69. The third kappa shape index (κ3) is 4.71. The molecule has 7 atom stereocenters. The van der Waals surface area contributed by atoms with Crippen LogP contribution >= 0.6 is 0 Å². The van der Waals surface area contributed by atoms with Crippen LogP contribution in [0.25, 0.3) is 0 Å². The highest BCUT2D eigenvalue weighted by Gasteiger charge is 2.58. The first-order chi connectivity index (χ1) is 14.4. The summed E-state index contributed by atoms with van der Waals surface area (Å²) in [6, 6.07) is -1.20. The number of carbonyl (C=O) groups is 3. The molecule has 0 aromatic carbocycles. The average Bonchev–Trinajstić information content (AvgIpc) is 3.01. The van der Waals surface area contributed by atoms with Crippen LogP contribution in [-0.2, 0) is 19.1 Å². The Kier molecular flexibility index (Phi) is 8.89. The van der Waals surface area contributed by atoms with Crippen molar-refractivity contribution in [2.24, 2.45) is 23.7 Å². The molecule has 1 fully saturated rings. The molecule has 1 aliphatic carbocycles. The van der Waals surface area contributed by atoms with Gasteiger partial charge >= 0.3 is 5.97 Å². The van der Waals surface area contributed by atoms with Gasteiger partial charge in [0.25, 0.3) is 0 Å². The molecule has 0 spiro atoms. The Bertz CT molecular complexity index is 646. The zero-order valence-corrected chi connectivity index (χ0v) is 19.0. The fraction of sp³-hybridized carbons (Fsp3) is 0.783. The summed E-state index contributed by atoms with van der Waals surface area (Å²) in [6.07, 6.45) is 6.93. The summed E-state index contributed by atoms with van der Waals surface area (Å²) in [5, 5.41) is 13.0. The molecule has 1 aliphatic heterocycles. The number of hydrogen-bond acceptors (Lipinski definition) is 5. The van der Waals surface area contributed by atoms with Crippen molar-refractivity contribution in [3.63, 3.8) is 0 Å². The zero-order valence-electron chi connectivity index (χ0n) is 19.0. The van der Waals surface area contributed by atoms with Gasteiger partial charge in [0.1, 0.15) is 6.04 Å². The number of hydrogen-bond donors (Lipinski definition) is 2. The van der Waals surface area contributed by atoms with Gasteiger partial charge in [-0.2, -0.15) is 0 Å². The molecule has 1 unspecified atom stereocenters. The van der Waals surface area contributed by atoms with E-state index in [0.717, 1.165) is 12.8 Å². The molecule has 170 valence electrons. The number of fused-ring (bicyclic) bond motifs is 1. The third-order valence-electron chi connectivity index (χ3n) is 6.53. The second kappa shape index (κ2) is 10.9. The van der Waals surface area contributed by atoms with Crippen LogP contribution in [0.4, 0.5) is 0 Å². The number of aliphatic hydroxyl groups is 1. The summed E-state index contributed by atoms with van der Waals surface area (Å²) in [4.78, 5) is 41.3. The number of rotatable bonds is 10. The molecular formula is C23H38N2O5. The van der Waals surface area contributed by atoms with E-state index in [2.05, 4.69) is 12.2 Å². The number of ether oxygens (including phenoxy) is 1. The molecule has 1 heterocycles. The van der Waals surface area contributed by atoms with Gasteiger partial charge in [0.05, 0.1) is 31.1 Å². The molecule has 1 saturated heterocycles. The summed E-state index contributed by atoms with van der Waals surface area (Å²) in [6.45, 7) is 9.66. The van der Waals surface area contributed by atoms with Crippen molar-refractivity contribution in [3.05, 3.63) is 12.2 Å². The molecule has 7 nitrogen and oxygen atoms in total. The molecule has 2 N–H and O–H groups in total. The molecule has 30 heavy (non-hydrogen) atoms. The molecular weight excluding hydrogens is 384 g/mol. The van der Waals surface area contributed by atoms with E-state index in [1.54, 1.807) is 6.92 Å². The number of nitrogens with one attached hydrogen (secondary N) is 1. The summed E-state index contributed by atoms with van der Waals surface area (Å²) in [5.74, 6) is -2.60. The van der Waals surface area contributed by atoms with Crippen LogP contribution in [0.3, 0.4) is 0 Å². The summed E-state index contributed by atoms with van der Waals surface area (Å²) in [7, 11) is 0. The summed E-state index contributed by atoms with van der Waals surface area (Å²) < 4.78 is 5.32. The maximum Gasteiger partial charge on any atom is 0.310 e. The van der Waals surface area contributed by atoms with E-state index < -0.39 is 29.8 Å². The highest BCUT2D eigenvalue weighted by Crippen LogP contribution is 2.46. The van der Waals surface area contributed by atoms with Crippen LogP contribution in [0, 0.1) is 23.7 Å². The van der Waals surface area contributed by atoms with Gasteiger partial charge in [-0.3, -0.25) is 14.4 Å². The molecule has 0 saturated carbocycles. The first-order valence-corrected chi connectivity index (χ1v) is 11.4. The minimum absolute atomic E-state index is 0.00970. The molecule has 0 aromatic heterocycles. The van der Waals surface area contributed by atoms with Crippen LogP contribution in [0.1, 0.15) is 60.3 Å². The molecule has 2 aliphatic rings. The average molecular weight is 423 g/mol. The van der Waals surface area contributed by atoms with E-state index in [-0.39, 0.29) is 43.0 Å². The largest absolute Gasteiger partial charge is 0.466 e. The number of allylic oxidation sites excluding steroid dienone is 1. The van der Waals surface area contributed by atoms with Crippen LogP contribution in [0.5, 0.6) is 0 Å². The smallest absolute Gasteiger partial charge is 0.310 e. The van der Waals surface area contributed by atoms with Crippen molar-refractivity contribution >= 4 is 17.8 Å².